The lowest BCUT2D eigenvalue weighted by atomic mass is 10.0. The molecule has 0 aromatic heterocycles. The topological polar surface area (TPSA) is 21.3 Å². The van der Waals surface area contributed by atoms with Gasteiger partial charge in [0.1, 0.15) is 0 Å². The van der Waals surface area contributed by atoms with Gasteiger partial charge in [-0.25, -0.2) is 0 Å². The summed E-state index contributed by atoms with van der Waals surface area (Å²) in [6.45, 7) is 3.05. The van der Waals surface area contributed by atoms with Crippen LogP contribution in [0.3, 0.4) is 0 Å². The summed E-state index contributed by atoms with van der Waals surface area (Å²) in [7, 11) is 0. The average molecular weight is 155 g/mol. The normalized spacial score (nSPS) is 34.4. The Bertz CT molecular complexity index is 115. The van der Waals surface area contributed by atoms with Crippen LogP contribution in [-0.4, -0.2) is 25.8 Å². The van der Waals surface area contributed by atoms with Gasteiger partial charge in [-0.15, -0.1) is 0 Å². The zero-order valence-corrected chi connectivity index (χ0v) is 7.01. The molecule has 1 N–H and O–H groups in total. The van der Waals surface area contributed by atoms with Crippen molar-refractivity contribution >= 4 is 0 Å². The maximum Gasteiger partial charge on any atom is 0.0728 e. The van der Waals surface area contributed by atoms with Crippen LogP contribution in [0.4, 0.5) is 0 Å². The van der Waals surface area contributed by atoms with Crippen molar-refractivity contribution in [1.29, 1.82) is 0 Å². The first-order chi connectivity index (χ1) is 5.47. The molecule has 2 rings (SSSR count). The highest BCUT2D eigenvalue weighted by Gasteiger charge is 2.26. The van der Waals surface area contributed by atoms with Gasteiger partial charge >= 0.3 is 0 Å². The highest BCUT2D eigenvalue weighted by atomic mass is 16.5. The lowest BCUT2D eigenvalue weighted by Gasteiger charge is -2.28. The van der Waals surface area contributed by atoms with Crippen LogP contribution >= 0.6 is 0 Å². The first-order valence-electron chi connectivity index (χ1n) is 4.79. The summed E-state index contributed by atoms with van der Waals surface area (Å²) in [5.74, 6) is 0.864. The van der Waals surface area contributed by atoms with E-state index < -0.39 is 0 Å². The van der Waals surface area contributed by atoms with E-state index in [0.717, 1.165) is 25.6 Å². The summed E-state index contributed by atoms with van der Waals surface area (Å²) in [5, 5.41) is 3.39. The average Bonchev–Trinajstić information content (AvgIpc) is 2.58. The molecule has 1 heterocycles. The third kappa shape index (κ3) is 1.74. The third-order valence-corrected chi connectivity index (χ3v) is 2.88. The first-order valence-corrected chi connectivity index (χ1v) is 4.79. The molecule has 0 aromatic rings. The maximum absolute atomic E-state index is 5.70. The Balaban J connectivity index is 1.82. The molecule has 0 radical (unpaired) electrons. The molecule has 2 aliphatic rings. The van der Waals surface area contributed by atoms with Crippen molar-refractivity contribution in [3.63, 3.8) is 0 Å². The van der Waals surface area contributed by atoms with E-state index in [1.54, 1.807) is 0 Å². The van der Waals surface area contributed by atoms with E-state index in [2.05, 4.69) is 5.32 Å². The Labute approximate surface area is 68.3 Å². The largest absolute Gasteiger partial charge is 0.375 e. The van der Waals surface area contributed by atoms with Gasteiger partial charge in [0.2, 0.25) is 0 Å². The molecule has 0 bridgehead atoms. The predicted molar refractivity (Wildman–Crippen MR) is 44.6 cm³/mol. The Hall–Kier alpha value is -0.0800. The Morgan fingerprint density at radius 3 is 2.64 bits per heavy atom. The molecular formula is C9H17NO. The number of hydrogen-bond acceptors (Lipinski definition) is 2. The molecule has 1 atom stereocenters. The minimum atomic E-state index is 0.534. The second kappa shape index (κ2) is 3.55. The van der Waals surface area contributed by atoms with Gasteiger partial charge < -0.3 is 10.1 Å². The van der Waals surface area contributed by atoms with Crippen molar-refractivity contribution in [3.05, 3.63) is 0 Å². The van der Waals surface area contributed by atoms with Gasteiger partial charge in [-0.05, 0) is 18.8 Å². The van der Waals surface area contributed by atoms with E-state index in [1.165, 1.54) is 25.7 Å². The van der Waals surface area contributed by atoms with E-state index in [-0.39, 0.29) is 0 Å². The van der Waals surface area contributed by atoms with Gasteiger partial charge in [-0.2, -0.15) is 0 Å². The molecule has 1 saturated carbocycles. The lowest BCUT2D eigenvalue weighted by molar-refractivity contribution is -0.00722. The van der Waals surface area contributed by atoms with E-state index >= 15 is 0 Å². The van der Waals surface area contributed by atoms with Gasteiger partial charge in [0.25, 0.3) is 0 Å². The van der Waals surface area contributed by atoms with Crippen molar-refractivity contribution in [2.75, 3.05) is 19.7 Å². The molecule has 1 unspecified atom stereocenters. The molecule has 1 saturated heterocycles. The van der Waals surface area contributed by atoms with E-state index in [1.807, 2.05) is 0 Å². The number of nitrogens with one attached hydrogen (secondary N) is 1. The van der Waals surface area contributed by atoms with Crippen LogP contribution < -0.4 is 5.32 Å². The standard InChI is InChI=1S/C9H17NO/c1-2-4-8(3-1)9-7-10-5-6-11-9/h8-10H,1-7H2. The number of hydrogen-bond donors (Lipinski definition) is 1. The smallest absolute Gasteiger partial charge is 0.0728 e. The molecule has 64 valence electrons. The summed E-state index contributed by atoms with van der Waals surface area (Å²) in [6.07, 6.45) is 6.17. The Morgan fingerprint density at radius 2 is 2.00 bits per heavy atom. The first kappa shape index (κ1) is 7.56. The zero-order chi connectivity index (χ0) is 7.52. The van der Waals surface area contributed by atoms with Gasteiger partial charge in [-0.1, -0.05) is 12.8 Å². The Morgan fingerprint density at radius 1 is 1.18 bits per heavy atom. The fourth-order valence-corrected chi connectivity index (χ4v) is 2.22. The molecule has 1 aliphatic heterocycles. The molecule has 0 amide bonds. The Kier molecular flexibility index (Phi) is 2.44. The number of morpholine rings is 1. The highest BCUT2D eigenvalue weighted by Crippen LogP contribution is 2.29. The van der Waals surface area contributed by atoms with Crippen LogP contribution in [0.5, 0.6) is 0 Å². The van der Waals surface area contributed by atoms with Crippen LogP contribution in [0, 0.1) is 5.92 Å². The van der Waals surface area contributed by atoms with Crippen LogP contribution in [0.25, 0.3) is 0 Å². The second-order valence-corrected chi connectivity index (χ2v) is 3.66. The monoisotopic (exact) mass is 155 g/mol. The van der Waals surface area contributed by atoms with E-state index in [4.69, 9.17) is 4.74 Å². The highest BCUT2D eigenvalue weighted by molar-refractivity contribution is 4.79. The minimum Gasteiger partial charge on any atom is -0.375 e. The molecule has 0 spiro atoms. The van der Waals surface area contributed by atoms with Crippen LogP contribution in [-0.2, 0) is 4.74 Å². The molecule has 2 nitrogen and oxygen atoms in total. The summed E-state index contributed by atoms with van der Waals surface area (Å²) < 4.78 is 5.70. The van der Waals surface area contributed by atoms with Crippen molar-refractivity contribution in [1.82, 2.24) is 5.32 Å². The molecule has 2 fully saturated rings. The molecule has 2 heteroatoms. The van der Waals surface area contributed by atoms with Crippen LogP contribution in [0.15, 0.2) is 0 Å². The van der Waals surface area contributed by atoms with Crippen LogP contribution in [0.2, 0.25) is 0 Å². The third-order valence-electron chi connectivity index (χ3n) is 2.88. The summed E-state index contributed by atoms with van der Waals surface area (Å²) in [6, 6.07) is 0. The lowest BCUT2D eigenvalue weighted by Crippen LogP contribution is -2.41. The van der Waals surface area contributed by atoms with Crippen LogP contribution in [0.1, 0.15) is 25.7 Å². The minimum absolute atomic E-state index is 0.534. The van der Waals surface area contributed by atoms with E-state index in [0.29, 0.717) is 6.10 Å². The fraction of sp³-hybridized carbons (Fsp3) is 1.00. The van der Waals surface area contributed by atoms with Gasteiger partial charge in [0.15, 0.2) is 0 Å². The fourth-order valence-electron chi connectivity index (χ4n) is 2.22. The molecular weight excluding hydrogens is 138 g/mol. The molecule has 1 aliphatic carbocycles. The number of ether oxygens (including phenoxy) is 1. The quantitative estimate of drug-likeness (QED) is 0.613. The van der Waals surface area contributed by atoms with Gasteiger partial charge in [-0.3, -0.25) is 0 Å². The van der Waals surface area contributed by atoms with Crippen molar-refractivity contribution in [3.8, 4) is 0 Å². The maximum atomic E-state index is 5.70. The number of rotatable bonds is 1. The van der Waals surface area contributed by atoms with Crippen molar-refractivity contribution in [2.24, 2.45) is 5.92 Å². The zero-order valence-electron chi connectivity index (χ0n) is 7.01. The van der Waals surface area contributed by atoms with E-state index in [9.17, 15) is 0 Å². The van der Waals surface area contributed by atoms with Crippen molar-refractivity contribution < 1.29 is 4.74 Å². The van der Waals surface area contributed by atoms with Crippen molar-refractivity contribution in [2.45, 2.75) is 31.8 Å². The predicted octanol–water partition coefficient (Wildman–Crippen LogP) is 1.17. The summed E-state index contributed by atoms with van der Waals surface area (Å²) in [5.41, 5.74) is 0. The SMILES string of the molecule is C1CCC(C2CNCCO2)C1. The van der Waals surface area contributed by atoms with Gasteiger partial charge in [0, 0.05) is 13.1 Å². The molecule has 11 heavy (non-hydrogen) atoms. The molecule has 0 aromatic carbocycles. The second-order valence-electron chi connectivity index (χ2n) is 3.66. The summed E-state index contributed by atoms with van der Waals surface area (Å²) >= 11 is 0. The summed E-state index contributed by atoms with van der Waals surface area (Å²) in [4.78, 5) is 0. The van der Waals surface area contributed by atoms with Gasteiger partial charge in [0.05, 0.1) is 12.7 Å².